The predicted molar refractivity (Wildman–Crippen MR) is 183 cm³/mol. The van der Waals surface area contributed by atoms with E-state index in [0.29, 0.717) is 16.9 Å². The minimum Gasteiger partial charge on any atom is -0.245 e. The van der Waals surface area contributed by atoms with Gasteiger partial charge in [0.15, 0.2) is 0 Å². The summed E-state index contributed by atoms with van der Waals surface area (Å²) in [7, 11) is 0. The zero-order valence-corrected chi connectivity index (χ0v) is 25.9. The van der Waals surface area contributed by atoms with Gasteiger partial charge in [-0.2, -0.15) is 0 Å². The molecule has 48 heavy (non-hydrogen) atoms. The van der Waals surface area contributed by atoms with Gasteiger partial charge in [-0.15, -0.1) is 0 Å². The van der Waals surface area contributed by atoms with Gasteiger partial charge in [-0.25, -0.2) is 47.0 Å². The molecule has 0 amide bonds. The van der Waals surface area contributed by atoms with Crippen LogP contribution in [0.4, 0.5) is 0 Å². The number of allylic oxidation sites excluding steroid dienone is 8. The number of hydrogen-bond acceptors (Lipinski definition) is 4. The Morgan fingerprint density at radius 1 is 0.562 bits per heavy atom. The molecule has 8 aliphatic rings. The summed E-state index contributed by atoms with van der Waals surface area (Å²) >= 11 is 0. The van der Waals surface area contributed by atoms with Crippen molar-refractivity contribution in [2.45, 2.75) is 65.4 Å². The molecule has 10 heteroatoms. The Kier molecular flexibility index (Phi) is 3.67. The summed E-state index contributed by atoms with van der Waals surface area (Å²) in [5, 5.41) is 0. The number of rotatable bonds is 2. The largest absolute Gasteiger partial charge is 0.352 e. The number of aromatic nitrogens is 6. The Morgan fingerprint density at radius 3 is 1.46 bits per heavy atom. The summed E-state index contributed by atoms with van der Waals surface area (Å²) in [6.45, 7) is -7.20. The maximum absolute atomic E-state index is 13.3. The average Bonchev–Trinajstić information content (AvgIpc) is 3.57. The topological polar surface area (TPSA) is 97.9 Å². The predicted octanol–water partition coefficient (Wildman–Crippen LogP) is 4.88. The van der Waals surface area contributed by atoms with Gasteiger partial charge in [0.1, 0.15) is 0 Å². The molecule has 244 valence electrons. The van der Waals surface area contributed by atoms with Gasteiger partial charge >= 0.3 is 22.8 Å². The van der Waals surface area contributed by atoms with E-state index in [1.165, 1.54) is 14.0 Å². The highest BCUT2D eigenvalue weighted by Crippen LogP contribution is 2.66. The van der Waals surface area contributed by atoms with Crippen LogP contribution >= 0.6 is 0 Å². The van der Waals surface area contributed by atoms with Crippen molar-refractivity contribution >= 4 is 0 Å². The van der Waals surface area contributed by atoms with Crippen molar-refractivity contribution in [2.24, 2.45) is 22.7 Å². The van der Waals surface area contributed by atoms with E-state index in [1.54, 1.807) is 98.8 Å². The van der Waals surface area contributed by atoms with E-state index in [-0.39, 0.29) is 16.7 Å². The monoisotopic (exact) mass is 654 g/mol. The molecule has 4 aromatic rings. The molecule has 0 saturated heterocycles. The average molecular weight is 655 g/mol. The molecular formula is C38H38N6O4. The minimum absolute atomic E-state index is 0.109. The van der Waals surface area contributed by atoms with E-state index in [4.69, 9.17) is 16.4 Å². The van der Waals surface area contributed by atoms with Crippen LogP contribution in [0.15, 0.2) is 126 Å². The standard InChI is InChI=1S/2C19H19N3O2/c2*1-11-12(2)19(3)15-10-9-14(16(11)19)21-17(23)20(18(24)22(15)21)13-7-5-4-6-8-13/h2*4-10,14-16H,1-3H3/i2D3,3D3;1D3,2D3. The Hall–Kier alpha value is -5.12. The van der Waals surface area contributed by atoms with E-state index < -0.39 is 97.0 Å². The van der Waals surface area contributed by atoms with Gasteiger partial charge in [0.25, 0.3) is 0 Å². The number of hydrogen-bond donors (Lipinski definition) is 0. The Morgan fingerprint density at radius 2 is 1.00 bits per heavy atom. The van der Waals surface area contributed by atoms with Crippen molar-refractivity contribution in [2.75, 3.05) is 0 Å². The third-order valence-corrected chi connectivity index (χ3v) is 11.4. The molecule has 8 unspecified atom stereocenters. The molecule has 0 fully saturated rings. The highest BCUT2D eigenvalue weighted by atomic mass is 16.2. The van der Waals surface area contributed by atoms with Crippen LogP contribution in [0.5, 0.6) is 0 Å². The quantitative estimate of drug-likeness (QED) is 0.288. The van der Waals surface area contributed by atoms with Crippen molar-refractivity contribution in [1.82, 2.24) is 27.9 Å². The molecule has 12 rings (SSSR count). The van der Waals surface area contributed by atoms with Crippen LogP contribution in [-0.2, 0) is 0 Å². The van der Waals surface area contributed by atoms with Gasteiger partial charge in [-0.1, -0.05) is 96.8 Å². The van der Waals surface area contributed by atoms with Crippen molar-refractivity contribution in [3.8, 4) is 11.4 Å². The summed E-state index contributed by atoms with van der Waals surface area (Å²) in [5.41, 5.74) is -4.33. The van der Waals surface area contributed by atoms with Gasteiger partial charge in [-0.3, -0.25) is 0 Å². The molecule has 4 aliphatic heterocycles. The van der Waals surface area contributed by atoms with E-state index in [9.17, 15) is 19.2 Å². The van der Waals surface area contributed by atoms with Crippen molar-refractivity contribution in [3.05, 3.63) is 149 Å². The Labute approximate surface area is 293 Å². The second-order valence-electron chi connectivity index (χ2n) is 13.4. The molecule has 0 N–H and O–H groups in total. The van der Waals surface area contributed by atoms with Crippen LogP contribution in [0.1, 0.15) is 81.9 Å². The van der Waals surface area contributed by atoms with E-state index >= 15 is 0 Å². The van der Waals surface area contributed by atoms with Crippen LogP contribution in [0.3, 0.4) is 0 Å². The normalized spacial score (nSPS) is 37.3. The zero-order valence-electron chi connectivity index (χ0n) is 37.9. The molecule has 4 bridgehead atoms. The second kappa shape index (κ2) is 9.27. The second-order valence-corrected chi connectivity index (χ2v) is 13.4. The van der Waals surface area contributed by atoms with Gasteiger partial charge in [0, 0.05) is 39.1 Å². The van der Waals surface area contributed by atoms with Crippen LogP contribution in [0.25, 0.3) is 11.4 Å². The summed E-state index contributed by atoms with van der Waals surface area (Å²) in [4.78, 5) is 53.1. The van der Waals surface area contributed by atoms with Crippen LogP contribution in [0.2, 0.25) is 0 Å². The number of nitrogens with zero attached hydrogens (tertiary/aromatic N) is 6. The highest BCUT2D eigenvalue weighted by Gasteiger charge is 2.62. The summed E-state index contributed by atoms with van der Waals surface area (Å²) in [5.74, 6) is -1.39. The zero-order chi connectivity index (χ0) is 43.6. The minimum atomic E-state index is -2.68. The lowest BCUT2D eigenvalue weighted by Crippen LogP contribution is -2.59. The SMILES string of the molecule is [2H]C([2H])([2H])C1=C(C([2H])([2H])[2H])C2(C)C1C1C=CC2n2c(=O)n(-c3ccccc3)c(=O)n21.[2H]C([2H])([2H])C1=C(C)C2C3C=CC(n4c(=O)n(-c5ccccc5)c(=O)n43)C12C([2H])([2H])[2H]. The molecule has 10 nitrogen and oxygen atoms in total. The first kappa shape index (κ1) is 19.0. The first-order chi connectivity index (χ1) is 27.8. The highest BCUT2D eigenvalue weighted by molar-refractivity contribution is 5.46. The lowest BCUT2D eigenvalue weighted by Gasteiger charge is -2.60. The molecule has 4 aliphatic carbocycles. The maximum atomic E-state index is 13.3. The third-order valence-electron chi connectivity index (χ3n) is 11.4. The van der Waals surface area contributed by atoms with E-state index in [0.717, 1.165) is 13.8 Å². The lowest BCUT2D eigenvalue weighted by molar-refractivity contribution is 0.0302. The molecule has 0 saturated carbocycles. The lowest BCUT2D eigenvalue weighted by atomic mass is 9.49. The van der Waals surface area contributed by atoms with Crippen LogP contribution in [0, 0.1) is 22.7 Å². The fraction of sp³-hybridized carbons (Fsp3) is 0.368. The van der Waals surface area contributed by atoms with Crippen LogP contribution < -0.4 is 22.8 Å². The van der Waals surface area contributed by atoms with Crippen molar-refractivity contribution in [3.63, 3.8) is 0 Å². The van der Waals surface area contributed by atoms with Gasteiger partial charge in [0.2, 0.25) is 0 Å². The molecule has 0 radical (unpaired) electrons. The van der Waals surface area contributed by atoms with Crippen molar-refractivity contribution in [1.29, 1.82) is 0 Å². The van der Waals surface area contributed by atoms with Gasteiger partial charge in [-0.05, 0) is 51.7 Å². The molecule has 6 heterocycles. The third kappa shape index (κ3) is 3.10. The maximum Gasteiger partial charge on any atom is 0.352 e. The molecule has 2 aromatic carbocycles. The van der Waals surface area contributed by atoms with Crippen LogP contribution in [-0.4, -0.2) is 27.9 Å². The Balaban J connectivity index is 0.000000154. The molecule has 2 aromatic heterocycles. The fourth-order valence-electron chi connectivity index (χ4n) is 9.09. The number of benzene rings is 2. The first-order valence-electron chi connectivity index (χ1n) is 21.7. The van der Waals surface area contributed by atoms with Gasteiger partial charge in [0.05, 0.1) is 35.5 Å². The Bertz CT molecular complexity index is 2880. The fourth-order valence-corrected chi connectivity index (χ4v) is 9.09. The number of para-hydroxylation sites is 2. The van der Waals surface area contributed by atoms with E-state index in [1.807, 2.05) is 0 Å². The molecular weight excluding hydrogens is 604 g/mol. The summed E-state index contributed by atoms with van der Waals surface area (Å²) in [6.07, 6.45) is 6.73. The smallest absolute Gasteiger partial charge is 0.245 e. The van der Waals surface area contributed by atoms with E-state index in [2.05, 4.69) is 0 Å². The van der Waals surface area contributed by atoms with Gasteiger partial charge < -0.3 is 0 Å². The van der Waals surface area contributed by atoms with Crippen molar-refractivity contribution < 1.29 is 16.4 Å². The summed E-state index contributed by atoms with van der Waals surface area (Å²) in [6, 6.07) is 13.5. The first-order valence-corrected chi connectivity index (χ1v) is 15.7. The molecule has 8 atom stereocenters. The summed E-state index contributed by atoms with van der Waals surface area (Å²) < 4.78 is 104. The molecule has 0 spiro atoms.